The van der Waals surface area contributed by atoms with Gasteiger partial charge in [-0.25, -0.2) is 4.79 Å². The molecule has 8 heteroatoms. The van der Waals surface area contributed by atoms with Crippen LogP contribution in [-0.2, 0) is 9.47 Å². The second-order valence-electron chi connectivity index (χ2n) is 3.90. The van der Waals surface area contributed by atoms with Crippen LogP contribution in [0.1, 0.15) is 17.6 Å². The third-order valence-corrected chi connectivity index (χ3v) is 3.39. The molecule has 0 amide bonds. The van der Waals surface area contributed by atoms with E-state index >= 15 is 0 Å². The Balaban J connectivity index is 1.72. The fourth-order valence-corrected chi connectivity index (χ4v) is 2.39. The summed E-state index contributed by atoms with van der Waals surface area (Å²) in [5.41, 5.74) is 0. The second-order valence-corrected chi connectivity index (χ2v) is 4.94. The van der Waals surface area contributed by atoms with E-state index in [0.717, 1.165) is 38.6 Å². The molecule has 2 heterocycles. The van der Waals surface area contributed by atoms with E-state index in [1.807, 2.05) is 0 Å². The number of rotatable bonds is 6. The highest BCUT2D eigenvalue weighted by Crippen LogP contribution is 2.16. The van der Waals surface area contributed by atoms with Crippen molar-refractivity contribution < 1.29 is 18.7 Å². The third-order valence-electron chi connectivity index (χ3n) is 2.59. The number of hydrogen-bond donors (Lipinski definition) is 0. The summed E-state index contributed by atoms with van der Waals surface area (Å²) in [6.45, 7) is 6.45. The van der Waals surface area contributed by atoms with Crippen molar-refractivity contribution in [1.82, 2.24) is 15.1 Å². The Morgan fingerprint density at radius 3 is 2.95 bits per heavy atom. The molecule has 1 saturated heterocycles. The van der Waals surface area contributed by atoms with Crippen LogP contribution in [0.3, 0.4) is 0 Å². The topological polar surface area (TPSA) is 77.7 Å². The number of thioether (sulfide) groups is 1. The fraction of sp³-hybridized carbons (Fsp3) is 0.727. The minimum atomic E-state index is -0.574. The zero-order valence-electron chi connectivity index (χ0n) is 10.8. The average molecular weight is 287 g/mol. The summed E-state index contributed by atoms with van der Waals surface area (Å²) >= 11 is 1.44. The highest BCUT2D eigenvalue weighted by atomic mass is 32.2. The maximum atomic E-state index is 11.3. The molecule has 0 bridgehead atoms. The quantitative estimate of drug-likeness (QED) is 0.558. The lowest BCUT2D eigenvalue weighted by atomic mass is 10.4. The molecule has 1 aliphatic heterocycles. The van der Waals surface area contributed by atoms with Gasteiger partial charge in [-0.15, -0.1) is 5.10 Å². The van der Waals surface area contributed by atoms with Gasteiger partial charge in [-0.1, -0.05) is 16.9 Å². The van der Waals surface area contributed by atoms with Crippen molar-refractivity contribution in [2.75, 3.05) is 45.2 Å². The van der Waals surface area contributed by atoms with E-state index in [1.54, 1.807) is 6.92 Å². The molecule has 0 unspecified atom stereocenters. The molecule has 0 radical (unpaired) electrons. The number of nitrogens with zero attached hydrogens (tertiary/aromatic N) is 3. The van der Waals surface area contributed by atoms with Crippen LogP contribution in [0.15, 0.2) is 9.64 Å². The number of hydrogen-bond acceptors (Lipinski definition) is 8. The third kappa shape index (κ3) is 4.48. The Bertz CT molecular complexity index is 406. The summed E-state index contributed by atoms with van der Waals surface area (Å²) in [5.74, 6) is 0.176. The van der Waals surface area contributed by atoms with Crippen LogP contribution in [0, 0.1) is 0 Å². The number of morpholine rings is 1. The first-order chi connectivity index (χ1) is 9.29. The van der Waals surface area contributed by atoms with Crippen LogP contribution in [0.2, 0.25) is 0 Å². The molecule has 1 aromatic heterocycles. The Labute approximate surface area is 115 Å². The minimum absolute atomic E-state index is 0.0873. The first kappa shape index (κ1) is 14.3. The number of esters is 1. The van der Waals surface area contributed by atoms with Gasteiger partial charge in [-0.3, -0.25) is 4.90 Å². The van der Waals surface area contributed by atoms with Crippen LogP contribution in [0.25, 0.3) is 0 Å². The number of aromatic nitrogens is 2. The lowest BCUT2D eigenvalue weighted by Crippen LogP contribution is -2.37. The van der Waals surface area contributed by atoms with E-state index in [9.17, 15) is 4.79 Å². The average Bonchev–Trinajstić information content (AvgIpc) is 2.89. The highest BCUT2D eigenvalue weighted by Gasteiger charge is 2.16. The van der Waals surface area contributed by atoms with E-state index in [2.05, 4.69) is 15.1 Å². The Morgan fingerprint density at radius 1 is 1.42 bits per heavy atom. The smallest absolute Gasteiger partial charge is 0.396 e. The van der Waals surface area contributed by atoms with Gasteiger partial charge >= 0.3 is 11.9 Å². The highest BCUT2D eigenvalue weighted by molar-refractivity contribution is 7.99. The number of carbonyl (C=O) groups excluding carboxylic acids is 1. The summed E-state index contributed by atoms with van der Waals surface area (Å²) in [6, 6.07) is 0. The zero-order chi connectivity index (χ0) is 13.5. The molecular weight excluding hydrogens is 270 g/mol. The normalized spacial score (nSPS) is 16.5. The summed E-state index contributed by atoms with van der Waals surface area (Å²) in [7, 11) is 0. The molecule has 0 aromatic carbocycles. The molecule has 1 aliphatic rings. The van der Waals surface area contributed by atoms with Crippen molar-refractivity contribution in [3.63, 3.8) is 0 Å². The number of ether oxygens (including phenoxy) is 2. The summed E-state index contributed by atoms with van der Waals surface area (Å²) in [5, 5.41) is 7.86. The lowest BCUT2D eigenvalue weighted by Gasteiger charge is -2.25. The summed E-state index contributed by atoms with van der Waals surface area (Å²) < 4.78 is 15.3. The molecule has 0 saturated carbocycles. The Kier molecular flexibility index (Phi) is 5.62. The van der Waals surface area contributed by atoms with Gasteiger partial charge in [0.25, 0.3) is 5.22 Å². The second kappa shape index (κ2) is 7.46. The molecule has 0 atom stereocenters. The van der Waals surface area contributed by atoms with Crippen molar-refractivity contribution in [1.29, 1.82) is 0 Å². The van der Waals surface area contributed by atoms with Gasteiger partial charge < -0.3 is 13.9 Å². The maximum absolute atomic E-state index is 11.3. The van der Waals surface area contributed by atoms with Crippen LogP contribution in [0.4, 0.5) is 0 Å². The molecule has 2 rings (SSSR count). The fourth-order valence-electron chi connectivity index (χ4n) is 1.63. The van der Waals surface area contributed by atoms with Gasteiger partial charge in [-0.05, 0) is 6.92 Å². The van der Waals surface area contributed by atoms with Crippen LogP contribution in [0.5, 0.6) is 0 Å². The maximum Gasteiger partial charge on any atom is 0.396 e. The standard InChI is InChI=1S/C11H17N3O4S/c1-2-17-10(15)9-12-13-11(18-9)19-8-5-14-3-6-16-7-4-14/h2-8H2,1H3. The summed E-state index contributed by atoms with van der Waals surface area (Å²) in [4.78, 5) is 13.6. The molecule has 1 fully saturated rings. The molecule has 1 aromatic rings. The van der Waals surface area contributed by atoms with Crippen LogP contribution >= 0.6 is 11.8 Å². The van der Waals surface area contributed by atoms with Crippen LogP contribution < -0.4 is 0 Å². The van der Waals surface area contributed by atoms with E-state index in [0.29, 0.717) is 11.8 Å². The largest absolute Gasteiger partial charge is 0.459 e. The van der Waals surface area contributed by atoms with Crippen molar-refractivity contribution in [3.05, 3.63) is 5.89 Å². The van der Waals surface area contributed by atoms with E-state index in [-0.39, 0.29) is 5.89 Å². The van der Waals surface area contributed by atoms with Crippen molar-refractivity contribution in [2.24, 2.45) is 0 Å². The van der Waals surface area contributed by atoms with E-state index in [4.69, 9.17) is 13.9 Å². The van der Waals surface area contributed by atoms with E-state index in [1.165, 1.54) is 11.8 Å². The first-order valence-corrected chi connectivity index (χ1v) is 7.21. The molecule has 0 N–H and O–H groups in total. The van der Waals surface area contributed by atoms with Crippen LogP contribution in [-0.4, -0.2) is 66.3 Å². The monoisotopic (exact) mass is 287 g/mol. The lowest BCUT2D eigenvalue weighted by molar-refractivity contribution is 0.0409. The SMILES string of the molecule is CCOC(=O)c1nnc(SCCN2CCOCC2)o1. The van der Waals surface area contributed by atoms with Gasteiger partial charge in [0.15, 0.2) is 0 Å². The Hall–Kier alpha value is -1.12. The molecule has 0 spiro atoms. The predicted octanol–water partition coefficient (Wildman–Crippen LogP) is 0.671. The van der Waals surface area contributed by atoms with Gasteiger partial charge in [0.1, 0.15) is 0 Å². The van der Waals surface area contributed by atoms with Crippen molar-refractivity contribution >= 4 is 17.7 Å². The molecule has 7 nitrogen and oxygen atoms in total. The zero-order valence-corrected chi connectivity index (χ0v) is 11.6. The molecule has 19 heavy (non-hydrogen) atoms. The summed E-state index contributed by atoms with van der Waals surface area (Å²) in [6.07, 6.45) is 0. The Morgan fingerprint density at radius 2 is 2.21 bits per heavy atom. The molecular formula is C11H17N3O4S. The van der Waals surface area contributed by atoms with Gasteiger partial charge in [0.2, 0.25) is 0 Å². The van der Waals surface area contributed by atoms with Gasteiger partial charge in [0, 0.05) is 25.4 Å². The first-order valence-electron chi connectivity index (χ1n) is 6.23. The van der Waals surface area contributed by atoms with Gasteiger partial charge in [-0.2, -0.15) is 0 Å². The van der Waals surface area contributed by atoms with E-state index < -0.39 is 5.97 Å². The molecule has 106 valence electrons. The molecule has 0 aliphatic carbocycles. The van der Waals surface area contributed by atoms with Crippen molar-refractivity contribution in [2.45, 2.75) is 12.1 Å². The number of carbonyl (C=O) groups is 1. The van der Waals surface area contributed by atoms with Gasteiger partial charge in [0.05, 0.1) is 19.8 Å². The predicted molar refractivity (Wildman–Crippen MR) is 68.2 cm³/mol. The minimum Gasteiger partial charge on any atom is -0.459 e. The van der Waals surface area contributed by atoms with Crippen molar-refractivity contribution in [3.8, 4) is 0 Å².